The molecule has 0 aliphatic carbocycles. The summed E-state index contributed by atoms with van der Waals surface area (Å²) < 4.78 is 59.2. The predicted molar refractivity (Wildman–Crippen MR) is 63.5 cm³/mol. The summed E-state index contributed by atoms with van der Waals surface area (Å²) in [6, 6.07) is 8.65. The summed E-state index contributed by atoms with van der Waals surface area (Å²) in [4.78, 5) is 0. The number of aryl methyl sites for hydroxylation is 2. The molecular weight excluding hydrogens is 285 g/mol. The van der Waals surface area contributed by atoms with Gasteiger partial charge in [-0.2, -0.15) is 0 Å². The van der Waals surface area contributed by atoms with Crippen LogP contribution in [0.4, 0.5) is 25.2 Å². The van der Waals surface area contributed by atoms with Crippen LogP contribution in [0, 0.1) is 6.92 Å². The molecule has 0 aromatic heterocycles. The van der Waals surface area contributed by atoms with Crippen LogP contribution in [0.25, 0.3) is 0 Å². The summed E-state index contributed by atoms with van der Waals surface area (Å²) in [5.41, 5.74) is 2.73. The molecule has 0 aliphatic heterocycles. The Hall–Kier alpha value is -0.420. The summed E-state index contributed by atoms with van der Waals surface area (Å²) >= 11 is 3.45. The Labute approximate surface area is 101 Å². The van der Waals surface area contributed by atoms with Gasteiger partial charge in [0.15, 0.2) is 0 Å². The molecule has 1 aromatic rings. The van der Waals surface area contributed by atoms with E-state index in [1.165, 1.54) is 11.1 Å². The van der Waals surface area contributed by atoms with E-state index >= 15 is 0 Å². The van der Waals surface area contributed by atoms with Gasteiger partial charge in [-0.05, 0) is 25.1 Å². The van der Waals surface area contributed by atoms with Gasteiger partial charge in [0.2, 0.25) is 0 Å². The molecule has 0 saturated carbocycles. The van der Waals surface area contributed by atoms with Gasteiger partial charge in [-0.25, -0.2) is 0 Å². The van der Waals surface area contributed by atoms with Crippen molar-refractivity contribution in [1.82, 2.24) is 0 Å². The molecule has 0 atom stereocenters. The molecule has 102 valence electrons. The van der Waals surface area contributed by atoms with Crippen molar-refractivity contribution in [3.63, 3.8) is 0 Å². The first-order valence-electron chi connectivity index (χ1n) is 4.54. The standard InChI is InChI=1S/C9H12S.F6P/c1-8-2-4-9(5-3-8)6-7-10;1-7(2,3,4,5)6/h2-5,10H,6-7H2,1H3;/q;-1/p+1. The summed E-state index contributed by atoms with van der Waals surface area (Å²) in [7, 11) is -10.7. The zero-order chi connectivity index (χ0) is 13.8. The Morgan fingerprint density at radius 1 is 0.941 bits per heavy atom. The Morgan fingerprint density at radius 3 is 1.59 bits per heavy atom. The average molecular weight is 298 g/mol. The molecule has 0 amide bonds. The number of hydrogen-bond acceptors (Lipinski definition) is 0. The van der Waals surface area contributed by atoms with Gasteiger partial charge in [-0.3, -0.25) is 0 Å². The van der Waals surface area contributed by atoms with E-state index in [2.05, 4.69) is 43.8 Å². The van der Waals surface area contributed by atoms with Crippen molar-refractivity contribution in [2.75, 3.05) is 5.75 Å². The van der Waals surface area contributed by atoms with E-state index in [1.807, 2.05) is 0 Å². The number of rotatable bonds is 2. The van der Waals surface area contributed by atoms with E-state index < -0.39 is 7.81 Å². The molecule has 0 unspecified atom stereocenters. The van der Waals surface area contributed by atoms with Gasteiger partial charge in [-0.15, -0.1) is 0 Å². The fourth-order valence-electron chi connectivity index (χ4n) is 0.899. The van der Waals surface area contributed by atoms with Crippen LogP contribution in [0.2, 0.25) is 0 Å². The van der Waals surface area contributed by atoms with Crippen molar-refractivity contribution in [3.8, 4) is 0 Å². The van der Waals surface area contributed by atoms with E-state index in [1.54, 1.807) is 0 Å². The Balaban J connectivity index is 0.000000325. The molecule has 0 spiro atoms. The molecule has 0 N–H and O–H groups in total. The minimum absolute atomic E-state index is 1.04. The van der Waals surface area contributed by atoms with E-state index in [0.717, 1.165) is 12.2 Å². The van der Waals surface area contributed by atoms with Gasteiger partial charge in [0.05, 0.1) is 0 Å². The van der Waals surface area contributed by atoms with Crippen molar-refractivity contribution in [3.05, 3.63) is 35.4 Å². The van der Waals surface area contributed by atoms with Crippen LogP contribution in [-0.4, -0.2) is 5.75 Å². The number of halogens is 6. The summed E-state index contributed by atoms with van der Waals surface area (Å²) in [6.45, 7) is 2.11. The minimum atomic E-state index is -10.7. The van der Waals surface area contributed by atoms with Crippen molar-refractivity contribution in [1.29, 1.82) is 0 Å². The maximum absolute atomic E-state index is 10.7. The molecule has 1 rings (SSSR count). The molecule has 0 saturated heterocycles. The molecule has 0 fully saturated rings. The van der Waals surface area contributed by atoms with Crippen LogP contribution in [0.15, 0.2) is 24.3 Å². The maximum atomic E-state index is 9.87. The molecule has 1 aromatic carbocycles. The molecular formula is C9H13F6PS. The van der Waals surface area contributed by atoms with Crippen LogP contribution < -0.4 is 0 Å². The second kappa shape index (κ2) is 4.69. The van der Waals surface area contributed by atoms with Crippen LogP contribution >= 0.6 is 7.81 Å². The molecule has 0 radical (unpaired) electrons. The van der Waals surface area contributed by atoms with E-state index in [4.69, 9.17) is 0 Å². The number of hydrogen-bond donors (Lipinski definition) is 0. The Kier molecular flexibility index (Phi) is 4.57. The SMILES string of the molecule is Cc1ccc(CC[SH2+])cc1.F[P-](F)(F)(F)(F)F. The van der Waals surface area contributed by atoms with Crippen molar-refractivity contribution < 1.29 is 25.2 Å². The first-order chi connectivity index (χ1) is 7.28. The van der Waals surface area contributed by atoms with Gasteiger partial charge < -0.3 is 0 Å². The van der Waals surface area contributed by atoms with Crippen LogP contribution in [0.3, 0.4) is 0 Å². The van der Waals surface area contributed by atoms with Gasteiger partial charge in [0.1, 0.15) is 5.75 Å². The summed E-state index contributed by atoms with van der Waals surface area (Å²) in [6.07, 6.45) is 1.12. The zero-order valence-corrected chi connectivity index (χ0v) is 10.8. The van der Waals surface area contributed by atoms with Crippen LogP contribution in [0.5, 0.6) is 0 Å². The topological polar surface area (TPSA) is 0 Å². The third kappa shape index (κ3) is 18.2. The molecule has 0 aliphatic rings. The van der Waals surface area contributed by atoms with Gasteiger partial charge in [-0.1, -0.05) is 29.8 Å². The van der Waals surface area contributed by atoms with Crippen molar-refractivity contribution in [2.24, 2.45) is 0 Å². The second-order valence-corrected chi connectivity index (χ2v) is 5.86. The zero-order valence-electron chi connectivity index (χ0n) is 8.94. The predicted octanol–water partition coefficient (Wildman–Crippen LogP) is 4.93. The van der Waals surface area contributed by atoms with Crippen LogP contribution in [-0.2, 0) is 19.0 Å². The normalized spacial score (nSPS) is 15.3. The van der Waals surface area contributed by atoms with E-state index in [9.17, 15) is 25.2 Å². The molecule has 17 heavy (non-hydrogen) atoms. The van der Waals surface area contributed by atoms with E-state index in [-0.39, 0.29) is 0 Å². The molecule has 0 nitrogen and oxygen atoms in total. The van der Waals surface area contributed by atoms with Gasteiger partial charge in [0.25, 0.3) is 0 Å². The number of benzene rings is 1. The Morgan fingerprint density at radius 2 is 1.29 bits per heavy atom. The first-order valence-corrected chi connectivity index (χ1v) is 7.28. The third-order valence-corrected chi connectivity index (χ3v) is 1.78. The van der Waals surface area contributed by atoms with Crippen molar-refractivity contribution >= 4 is 20.4 Å². The molecule has 0 heterocycles. The third-order valence-electron chi connectivity index (χ3n) is 1.53. The van der Waals surface area contributed by atoms with Gasteiger partial charge in [0, 0.05) is 6.42 Å². The molecule has 8 heteroatoms. The molecule has 0 bridgehead atoms. The summed E-state index contributed by atoms with van der Waals surface area (Å²) in [5, 5.41) is 0. The fraction of sp³-hybridized carbons (Fsp3) is 0.333. The Bertz CT molecular complexity index is 342. The fourth-order valence-corrected chi connectivity index (χ4v) is 1.19. The van der Waals surface area contributed by atoms with Gasteiger partial charge >= 0.3 is 33.0 Å². The average Bonchev–Trinajstić information content (AvgIpc) is 2.04. The van der Waals surface area contributed by atoms with E-state index in [0.29, 0.717) is 0 Å². The van der Waals surface area contributed by atoms with Crippen molar-refractivity contribution in [2.45, 2.75) is 13.3 Å². The second-order valence-electron chi connectivity index (χ2n) is 3.44. The van der Waals surface area contributed by atoms with Crippen LogP contribution in [0.1, 0.15) is 11.1 Å². The summed E-state index contributed by atoms with van der Waals surface area (Å²) in [5.74, 6) is 1.04. The quantitative estimate of drug-likeness (QED) is 0.412. The first kappa shape index (κ1) is 16.6. The monoisotopic (exact) mass is 298 g/mol.